The number of H-pyrrole nitrogens is 2. The minimum Gasteiger partial charge on any atom is -0.331 e. The zero-order valence-corrected chi connectivity index (χ0v) is 13.5. The summed E-state index contributed by atoms with van der Waals surface area (Å²) in [7, 11) is 0. The van der Waals surface area contributed by atoms with Crippen molar-refractivity contribution in [1.29, 1.82) is 0 Å². The lowest BCUT2D eigenvalue weighted by atomic mass is 10.2. The smallest absolute Gasteiger partial charge is 0.260 e. The van der Waals surface area contributed by atoms with Crippen LogP contribution in [-0.4, -0.2) is 31.8 Å². The van der Waals surface area contributed by atoms with Crippen LogP contribution in [0, 0.1) is 0 Å². The summed E-state index contributed by atoms with van der Waals surface area (Å²) < 4.78 is 0. The molecule has 4 rings (SSSR count). The number of amides is 2. The molecule has 0 radical (unpaired) electrons. The first-order chi connectivity index (χ1) is 12.7. The second kappa shape index (κ2) is 6.52. The number of rotatable bonds is 4. The minimum absolute atomic E-state index is 0.270. The first kappa shape index (κ1) is 15.6. The van der Waals surface area contributed by atoms with Gasteiger partial charge in [-0.15, -0.1) is 0 Å². The SMILES string of the molecule is O=C(Nc1nc2c(C(=O)Nc3ncc[nH]3)cccc2[nH]1)c1ccccc1. The maximum absolute atomic E-state index is 12.5. The van der Waals surface area contributed by atoms with E-state index in [0.29, 0.717) is 28.1 Å². The van der Waals surface area contributed by atoms with Gasteiger partial charge in [0.15, 0.2) is 0 Å². The number of benzene rings is 2. The van der Waals surface area contributed by atoms with Crippen molar-refractivity contribution >= 4 is 34.7 Å². The fourth-order valence-electron chi connectivity index (χ4n) is 2.55. The maximum atomic E-state index is 12.5. The normalized spacial score (nSPS) is 10.6. The average Bonchev–Trinajstić information content (AvgIpc) is 3.31. The van der Waals surface area contributed by atoms with Crippen molar-refractivity contribution in [3.8, 4) is 0 Å². The second-order valence-electron chi connectivity index (χ2n) is 5.50. The lowest BCUT2D eigenvalue weighted by Crippen LogP contribution is -2.14. The number of para-hydroxylation sites is 1. The van der Waals surface area contributed by atoms with Gasteiger partial charge in [0.25, 0.3) is 11.8 Å². The van der Waals surface area contributed by atoms with E-state index >= 15 is 0 Å². The number of imidazole rings is 2. The molecule has 2 aromatic carbocycles. The third-order valence-electron chi connectivity index (χ3n) is 3.76. The average molecular weight is 346 g/mol. The highest BCUT2D eigenvalue weighted by Gasteiger charge is 2.16. The van der Waals surface area contributed by atoms with Gasteiger partial charge < -0.3 is 9.97 Å². The van der Waals surface area contributed by atoms with E-state index in [1.807, 2.05) is 6.07 Å². The highest BCUT2D eigenvalue weighted by Crippen LogP contribution is 2.20. The summed E-state index contributed by atoms with van der Waals surface area (Å²) in [4.78, 5) is 38.9. The lowest BCUT2D eigenvalue weighted by Gasteiger charge is -2.02. The third kappa shape index (κ3) is 3.03. The van der Waals surface area contributed by atoms with Gasteiger partial charge in [-0.25, -0.2) is 9.97 Å². The summed E-state index contributed by atoms with van der Waals surface area (Å²) in [5.74, 6) is -0.0172. The summed E-state index contributed by atoms with van der Waals surface area (Å²) in [6.07, 6.45) is 3.16. The number of nitrogens with one attached hydrogen (secondary N) is 4. The molecule has 2 heterocycles. The number of nitrogens with zero attached hydrogens (tertiary/aromatic N) is 2. The Morgan fingerprint density at radius 1 is 0.885 bits per heavy atom. The Hall–Kier alpha value is -3.94. The number of carbonyl (C=O) groups is 2. The van der Waals surface area contributed by atoms with Crippen molar-refractivity contribution < 1.29 is 9.59 Å². The molecule has 0 saturated heterocycles. The van der Waals surface area contributed by atoms with Gasteiger partial charge in [-0.1, -0.05) is 24.3 Å². The number of hydrogen-bond acceptors (Lipinski definition) is 4. The number of carbonyl (C=O) groups excluding carboxylic acids is 2. The van der Waals surface area contributed by atoms with Crippen LogP contribution in [0.25, 0.3) is 11.0 Å². The molecule has 8 heteroatoms. The zero-order chi connectivity index (χ0) is 17.9. The molecule has 0 saturated carbocycles. The molecule has 26 heavy (non-hydrogen) atoms. The number of hydrogen-bond donors (Lipinski definition) is 4. The van der Waals surface area contributed by atoms with E-state index in [1.54, 1.807) is 54.9 Å². The molecule has 2 amide bonds. The number of fused-ring (bicyclic) bond motifs is 1. The molecule has 0 bridgehead atoms. The van der Waals surface area contributed by atoms with Gasteiger partial charge in [-0.3, -0.25) is 20.2 Å². The lowest BCUT2D eigenvalue weighted by molar-refractivity contribution is 0.101. The molecule has 0 atom stereocenters. The first-order valence-corrected chi connectivity index (χ1v) is 7.86. The molecule has 0 spiro atoms. The van der Waals surface area contributed by atoms with Crippen LogP contribution in [-0.2, 0) is 0 Å². The highest BCUT2D eigenvalue weighted by atomic mass is 16.2. The molecule has 128 valence electrons. The van der Waals surface area contributed by atoms with Gasteiger partial charge in [-0.05, 0) is 24.3 Å². The molecular weight excluding hydrogens is 332 g/mol. The summed E-state index contributed by atoms with van der Waals surface area (Å²) >= 11 is 0. The van der Waals surface area contributed by atoms with Crippen molar-refractivity contribution in [3.05, 3.63) is 72.1 Å². The molecule has 8 nitrogen and oxygen atoms in total. The Labute approximate surface area is 147 Å². The summed E-state index contributed by atoms with van der Waals surface area (Å²) in [5, 5.41) is 5.36. The van der Waals surface area contributed by atoms with Crippen molar-refractivity contribution in [2.24, 2.45) is 0 Å². The molecule has 0 aliphatic carbocycles. The fraction of sp³-hybridized carbons (Fsp3) is 0. The van der Waals surface area contributed by atoms with E-state index in [4.69, 9.17) is 0 Å². The Kier molecular flexibility index (Phi) is 3.91. The predicted octanol–water partition coefficient (Wildman–Crippen LogP) is 2.79. The Bertz CT molecular complexity index is 1070. The molecule has 0 unspecified atom stereocenters. The highest BCUT2D eigenvalue weighted by molar-refractivity contribution is 6.11. The van der Waals surface area contributed by atoms with Gasteiger partial charge in [0, 0.05) is 18.0 Å². The van der Waals surface area contributed by atoms with E-state index in [0.717, 1.165) is 0 Å². The summed E-state index contributed by atoms with van der Waals surface area (Å²) in [6.45, 7) is 0. The van der Waals surface area contributed by atoms with Gasteiger partial charge in [0.05, 0.1) is 11.1 Å². The van der Waals surface area contributed by atoms with Crippen LogP contribution in [0.2, 0.25) is 0 Å². The fourth-order valence-corrected chi connectivity index (χ4v) is 2.55. The van der Waals surface area contributed by atoms with Crippen LogP contribution in [0.5, 0.6) is 0 Å². The topological polar surface area (TPSA) is 116 Å². The predicted molar refractivity (Wildman–Crippen MR) is 97.0 cm³/mol. The Morgan fingerprint density at radius 2 is 1.69 bits per heavy atom. The Morgan fingerprint density at radius 3 is 2.46 bits per heavy atom. The molecule has 0 aliphatic heterocycles. The monoisotopic (exact) mass is 346 g/mol. The van der Waals surface area contributed by atoms with Crippen LogP contribution in [0.15, 0.2) is 60.9 Å². The largest absolute Gasteiger partial charge is 0.331 e. The van der Waals surface area contributed by atoms with Gasteiger partial charge in [0.1, 0.15) is 5.52 Å². The van der Waals surface area contributed by atoms with Gasteiger partial charge >= 0.3 is 0 Å². The quantitative estimate of drug-likeness (QED) is 0.455. The van der Waals surface area contributed by atoms with E-state index in [-0.39, 0.29) is 17.8 Å². The molecular formula is C18H14N6O2. The van der Waals surface area contributed by atoms with E-state index in [1.165, 1.54) is 0 Å². The van der Waals surface area contributed by atoms with E-state index in [9.17, 15) is 9.59 Å². The molecule has 0 fully saturated rings. The van der Waals surface area contributed by atoms with Gasteiger partial charge in [-0.2, -0.15) is 0 Å². The van der Waals surface area contributed by atoms with Crippen molar-refractivity contribution in [1.82, 2.24) is 19.9 Å². The molecule has 4 aromatic rings. The third-order valence-corrected chi connectivity index (χ3v) is 3.76. The summed E-state index contributed by atoms with van der Waals surface area (Å²) in [5.41, 5.74) is 1.99. The maximum Gasteiger partial charge on any atom is 0.260 e. The van der Waals surface area contributed by atoms with Gasteiger partial charge in [0.2, 0.25) is 11.9 Å². The standard InChI is InChI=1S/C18H14N6O2/c25-15(11-5-2-1-3-6-11)23-18-21-13-8-4-7-12(14(13)22-18)16(26)24-17-19-9-10-20-17/h1-10H,(H2,19,20,24,26)(H2,21,22,23,25). The van der Waals surface area contributed by atoms with Crippen molar-refractivity contribution in [3.63, 3.8) is 0 Å². The van der Waals surface area contributed by atoms with Crippen LogP contribution in [0.3, 0.4) is 0 Å². The van der Waals surface area contributed by atoms with Crippen molar-refractivity contribution in [2.45, 2.75) is 0 Å². The van der Waals surface area contributed by atoms with E-state index in [2.05, 4.69) is 30.6 Å². The Balaban J connectivity index is 1.61. The number of anilines is 2. The minimum atomic E-state index is -0.349. The van der Waals surface area contributed by atoms with E-state index < -0.39 is 0 Å². The molecule has 2 aromatic heterocycles. The zero-order valence-electron chi connectivity index (χ0n) is 13.5. The van der Waals surface area contributed by atoms with Crippen molar-refractivity contribution in [2.75, 3.05) is 10.6 Å². The van der Waals surface area contributed by atoms with Crippen LogP contribution < -0.4 is 10.6 Å². The van der Waals surface area contributed by atoms with Crippen LogP contribution >= 0.6 is 0 Å². The first-order valence-electron chi connectivity index (χ1n) is 7.86. The number of aromatic nitrogens is 4. The summed E-state index contributed by atoms with van der Waals surface area (Å²) in [6, 6.07) is 14.0. The molecule has 4 N–H and O–H groups in total. The molecule has 0 aliphatic rings. The number of aromatic amines is 2. The van der Waals surface area contributed by atoms with Crippen LogP contribution in [0.4, 0.5) is 11.9 Å². The second-order valence-corrected chi connectivity index (χ2v) is 5.50. The van der Waals surface area contributed by atoms with Crippen LogP contribution in [0.1, 0.15) is 20.7 Å².